The SMILES string of the molecule is COc1cccc(C2=NN(C(=O)CN(CCN3CCOCC3)C(=O)C3CC3)[C@H](c3ccc(C)cc3)C2)c1. The number of carbonyl (C=O) groups excluding carboxylic acids is 2. The number of hydrazone groups is 1. The molecule has 2 aliphatic heterocycles. The third kappa shape index (κ3) is 6.19. The number of methoxy groups -OCH3 is 1. The normalized spacial score (nSPS) is 20.0. The molecule has 1 saturated heterocycles. The number of nitrogens with zero attached hydrogens (tertiary/aromatic N) is 4. The van der Waals surface area contributed by atoms with Gasteiger partial charge < -0.3 is 14.4 Å². The average molecular weight is 505 g/mol. The minimum absolute atomic E-state index is 0.0386. The van der Waals surface area contributed by atoms with E-state index in [-0.39, 0.29) is 30.3 Å². The number of ether oxygens (including phenoxy) is 2. The van der Waals surface area contributed by atoms with E-state index in [0.717, 1.165) is 60.6 Å². The summed E-state index contributed by atoms with van der Waals surface area (Å²) in [7, 11) is 1.64. The molecule has 0 N–H and O–H groups in total. The first kappa shape index (κ1) is 25.4. The van der Waals surface area contributed by atoms with Gasteiger partial charge in [-0.05, 0) is 37.5 Å². The van der Waals surface area contributed by atoms with Crippen molar-refractivity contribution in [1.82, 2.24) is 14.8 Å². The maximum atomic E-state index is 13.8. The molecule has 2 aromatic carbocycles. The Hall–Kier alpha value is -3.23. The van der Waals surface area contributed by atoms with Gasteiger partial charge in [-0.1, -0.05) is 42.0 Å². The highest BCUT2D eigenvalue weighted by Gasteiger charge is 2.38. The minimum atomic E-state index is -0.216. The van der Waals surface area contributed by atoms with Crippen molar-refractivity contribution in [2.75, 3.05) is 53.0 Å². The fraction of sp³-hybridized carbons (Fsp3) is 0.483. The Morgan fingerprint density at radius 2 is 1.86 bits per heavy atom. The molecule has 1 aliphatic carbocycles. The lowest BCUT2D eigenvalue weighted by Crippen LogP contribution is -2.47. The van der Waals surface area contributed by atoms with Crippen molar-refractivity contribution in [2.45, 2.75) is 32.2 Å². The molecule has 3 aliphatic rings. The summed E-state index contributed by atoms with van der Waals surface area (Å²) in [4.78, 5) is 31.0. The van der Waals surface area contributed by atoms with Crippen molar-refractivity contribution in [1.29, 1.82) is 0 Å². The van der Waals surface area contributed by atoms with Crippen molar-refractivity contribution in [3.05, 3.63) is 65.2 Å². The molecule has 2 fully saturated rings. The molecule has 0 unspecified atom stereocenters. The van der Waals surface area contributed by atoms with Crippen LogP contribution in [-0.4, -0.2) is 85.4 Å². The Morgan fingerprint density at radius 3 is 2.57 bits per heavy atom. The second-order valence-electron chi connectivity index (χ2n) is 10.1. The quantitative estimate of drug-likeness (QED) is 0.524. The second-order valence-corrected chi connectivity index (χ2v) is 10.1. The van der Waals surface area contributed by atoms with Gasteiger partial charge in [-0.25, -0.2) is 5.01 Å². The Bertz CT molecular complexity index is 1140. The van der Waals surface area contributed by atoms with Crippen LogP contribution in [0.2, 0.25) is 0 Å². The second kappa shape index (κ2) is 11.4. The van der Waals surface area contributed by atoms with Gasteiger partial charge in [0.15, 0.2) is 0 Å². The van der Waals surface area contributed by atoms with Crippen LogP contribution in [0.25, 0.3) is 0 Å². The molecule has 0 radical (unpaired) electrons. The van der Waals surface area contributed by atoms with Crippen LogP contribution < -0.4 is 4.74 Å². The lowest BCUT2D eigenvalue weighted by molar-refractivity contribution is -0.142. The van der Waals surface area contributed by atoms with Crippen LogP contribution >= 0.6 is 0 Å². The average Bonchev–Trinajstić information content (AvgIpc) is 3.69. The van der Waals surface area contributed by atoms with Gasteiger partial charge in [-0.2, -0.15) is 5.10 Å². The van der Waals surface area contributed by atoms with Gasteiger partial charge in [0.1, 0.15) is 12.3 Å². The van der Waals surface area contributed by atoms with Crippen LogP contribution in [0.1, 0.15) is 42.0 Å². The van der Waals surface area contributed by atoms with Gasteiger partial charge in [0.25, 0.3) is 5.91 Å². The fourth-order valence-electron chi connectivity index (χ4n) is 4.94. The van der Waals surface area contributed by atoms with Crippen molar-refractivity contribution < 1.29 is 19.1 Å². The van der Waals surface area contributed by atoms with E-state index >= 15 is 0 Å². The van der Waals surface area contributed by atoms with Gasteiger partial charge in [-0.3, -0.25) is 14.5 Å². The largest absolute Gasteiger partial charge is 0.497 e. The highest BCUT2D eigenvalue weighted by atomic mass is 16.5. The Labute approximate surface area is 218 Å². The zero-order valence-electron chi connectivity index (χ0n) is 21.8. The van der Waals surface area contributed by atoms with Gasteiger partial charge in [0.2, 0.25) is 5.91 Å². The molecular formula is C29H36N4O4. The molecule has 0 bridgehead atoms. The predicted molar refractivity (Wildman–Crippen MR) is 141 cm³/mol. The molecule has 2 aromatic rings. The number of rotatable bonds is 9. The third-order valence-electron chi connectivity index (χ3n) is 7.39. The van der Waals surface area contributed by atoms with Crippen LogP contribution in [0, 0.1) is 12.8 Å². The molecule has 2 heterocycles. The van der Waals surface area contributed by atoms with Crippen molar-refractivity contribution >= 4 is 17.5 Å². The summed E-state index contributed by atoms with van der Waals surface area (Å²) in [6, 6.07) is 15.8. The van der Waals surface area contributed by atoms with E-state index in [2.05, 4.69) is 36.1 Å². The van der Waals surface area contributed by atoms with Crippen LogP contribution in [0.3, 0.4) is 0 Å². The number of hydrogen-bond donors (Lipinski definition) is 0. The molecule has 8 heteroatoms. The summed E-state index contributed by atoms with van der Waals surface area (Å²) in [5.41, 5.74) is 3.98. The number of carbonyl (C=O) groups is 2. The summed E-state index contributed by atoms with van der Waals surface area (Å²) < 4.78 is 10.9. The molecule has 1 saturated carbocycles. The summed E-state index contributed by atoms with van der Waals surface area (Å²) in [5, 5.41) is 6.42. The van der Waals surface area contributed by atoms with Gasteiger partial charge >= 0.3 is 0 Å². The van der Waals surface area contributed by atoms with Crippen molar-refractivity contribution in [3.8, 4) is 5.75 Å². The maximum absolute atomic E-state index is 13.8. The van der Waals surface area contributed by atoms with Crippen LogP contribution in [0.4, 0.5) is 0 Å². The number of hydrogen-bond acceptors (Lipinski definition) is 6. The number of morpholine rings is 1. The zero-order chi connectivity index (χ0) is 25.8. The van der Waals surface area contributed by atoms with E-state index in [0.29, 0.717) is 26.2 Å². The van der Waals surface area contributed by atoms with E-state index < -0.39 is 0 Å². The van der Waals surface area contributed by atoms with E-state index in [1.165, 1.54) is 0 Å². The molecule has 0 spiro atoms. The lowest BCUT2D eigenvalue weighted by atomic mass is 9.97. The van der Waals surface area contributed by atoms with Crippen molar-refractivity contribution in [2.24, 2.45) is 11.0 Å². The van der Waals surface area contributed by atoms with Gasteiger partial charge in [0.05, 0.1) is 32.1 Å². The topological polar surface area (TPSA) is 74.7 Å². The summed E-state index contributed by atoms with van der Waals surface area (Å²) in [6.45, 7) is 6.51. The molecule has 196 valence electrons. The first-order valence-corrected chi connectivity index (χ1v) is 13.2. The Kier molecular flexibility index (Phi) is 7.86. The first-order valence-electron chi connectivity index (χ1n) is 13.2. The van der Waals surface area contributed by atoms with Gasteiger partial charge in [0, 0.05) is 44.1 Å². The summed E-state index contributed by atoms with van der Waals surface area (Å²) in [5.74, 6) is 0.741. The van der Waals surface area contributed by atoms with Crippen molar-refractivity contribution in [3.63, 3.8) is 0 Å². The molecule has 1 atom stereocenters. The van der Waals surface area contributed by atoms with Crippen LogP contribution in [0.15, 0.2) is 53.6 Å². The highest BCUT2D eigenvalue weighted by Crippen LogP contribution is 2.35. The number of amides is 2. The minimum Gasteiger partial charge on any atom is -0.497 e. The Balaban J connectivity index is 1.37. The lowest BCUT2D eigenvalue weighted by Gasteiger charge is -2.31. The predicted octanol–water partition coefficient (Wildman–Crippen LogP) is 3.25. The molecule has 5 rings (SSSR count). The monoisotopic (exact) mass is 504 g/mol. The molecule has 8 nitrogen and oxygen atoms in total. The number of benzene rings is 2. The third-order valence-corrected chi connectivity index (χ3v) is 7.39. The zero-order valence-corrected chi connectivity index (χ0v) is 21.8. The van der Waals surface area contributed by atoms with Gasteiger partial charge in [-0.15, -0.1) is 0 Å². The van der Waals surface area contributed by atoms with E-state index in [1.807, 2.05) is 24.3 Å². The number of aryl methyl sites for hydroxylation is 1. The summed E-state index contributed by atoms with van der Waals surface area (Å²) in [6.07, 6.45) is 2.43. The molecular weight excluding hydrogens is 468 g/mol. The summed E-state index contributed by atoms with van der Waals surface area (Å²) >= 11 is 0. The molecule has 0 aromatic heterocycles. The first-order chi connectivity index (χ1) is 18.0. The molecule has 37 heavy (non-hydrogen) atoms. The highest BCUT2D eigenvalue weighted by molar-refractivity contribution is 6.03. The van der Waals surface area contributed by atoms with Crippen LogP contribution in [0.5, 0.6) is 5.75 Å². The standard InChI is InChI=1S/C29H36N4O4/c1-21-6-8-22(9-7-21)27-19-26(24-4-3-5-25(18-24)36-2)30-33(27)28(34)20-32(29(35)23-10-11-23)13-12-31-14-16-37-17-15-31/h3-9,18,23,27H,10-17,19-20H2,1-2H3/t27-/m0/s1. The van der Waals surface area contributed by atoms with E-state index in [4.69, 9.17) is 14.6 Å². The van der Waals surface area contributed by atoms with E-state index in [9.17, 15) is 9.59 Å². The Morgan fingerprint density at radius 1 is 1.11 bits per heavy atom. The van der Waals surface area contributed by atoms with Crippen LogP contribution in [-0.2, 0) is 14.3 Å². The fourth-order valence-corrected chi connectivity index (χ4v) is 4.94. The molecule has 2 amide bonds. The van der Waals surface area contributed by atoms with E-state index in [1.54, 1.807) is 17.0 Å². The maximum Gasteiger partial charge on any atom is 0.262 e. The smallest absolute Gasteiger partial charge is 0.262 e.